The van der Waals surface area contributed by atoms with Gasteiger partial charge in [-0.15, -0.1) is 0 Å². The Morgan fingerprint density at radius 2 is 1.76 bits per heavy atom. The van der Waals surface area contributed by atoms with Crippen LogP contribution in [0.3, 0.4) is 0 Å². The molecule has 3 rings (SSSR count). The standard InChI is InChI=1S/C17H14/c1-2-13-9-6-10-15-11-16(12-17(13)15)14-7-4-3-5-8-14/h2-10,12H,1,11H2. The molecule has 0 nitrogen and oxygen atoms in total. The van der Waals surface area contributed by atoms with E-state index in [1.165, 1.54) is 27.8 Å². The molecule has 2 aromatic rings. The van der Waals surface area contributed by atoms with Crippen LogP contribution in [0.1, 0.15) is 22.3 Å². The fraction of sp³-hybridized carbons (Fsp3) is 0.0588. The Balaban J connectivity index is 2.07. The van der Waals surface area contributed by atoms with Crippen molar-refractivity contribution in [3.63, 3.8) is 0 Å². The van der Waals surface area contributed by atoms with Crippen LogP contribution in [-0.4, -0.2) is 0 Å². The molecule has 1 aliphatic carbocycles. The van der Waals surface area contributed by atoms with E-state index in [0.29, 0.717) is 0 Å². The maximum absolute atomic E-state index is 3.88. The van der Waals surface area contributed by atoms with Crippen molar-refractivity contribution in [3.8, 4) is 0 Å². The zero-order valence-electron chi connectivity index (χ0n) is 9.69. The number of rotatable bonds is 2. The molecule has 82 valence electrons. The van der Waals surface area contributed by atoms with Crippen molar-refractivity contribution in [3.05, 3.63) is 77.4 Å². The van der Waals surface area contributed by atoms with Gasteiger partial charge in [0.2, 0.25) is 0 Å². The fourth-order valence-corrected chi connectivity index (χ4v) is 2.41. The van der Waals surface area contributed by atoms with Gasteiger partial charge < -0.3 is 0 Å². The molecule has 1 aliphatic rings. The molecule has 0 atom stereocenters. The van der Waals surface area contributed by atoms with Crippen LogP contribution in [0.15, 0.2) is 55.1 Å². The monoisotopic (exact) mass is 218 g/mol. The third-order valence-corrected chi connectivity index (χ3v) is 3.29. The summed E-state index contributed by atoms with van der Waals surface area (Å²) in [5.74, 6) is 0. The molecule has 0 heterocycles. The van der Waals surface area contributed by atoms with Crippen LogP contribution in [0, 0.1) is 0 Å². The van der Waals surface area contributed by atoms with Gasteiger partial charge in [0.25, 0.3) is 0 Å². The minimum atomic E-state index is 1.03. The van der Waals surface area contributed by atoms with Gasteiger partial charge in [-0.25, -0.2) is 0 Å². The highest BCUT2D eigenvalue weighted by Crippen LogP contribution is 2.33. The summed E-state index contributed by atoms with van der Waals surface area (Å²) < 4.78 is 0. The number of benzene rings is 2. The molecule has 0 bridgehead atoms. The van der Waals surface area contributed by atoms with Crippen LogP contribution in [0.2, 0.25) is 0 Å². The molecule has 0 aromatic heterocycles. The Kier molecular flexibility index (Phi) is 2.41. The Labute approximate surface area is 102 Å². The average molecular weight is 218 g/mol. The van der Waals surface area contributed by atoms with Crippen LogP contribution in [0.25, 0.3) is 17.7 Å². The van der Waals surface area contributed by atoms with Crippen molar-refractivity contribution in [2.24, 2.45) is 0 Å². The number of allylic oxidation sites excluding steroid dienone is 1. The zero-order valence-corrected chi connectivity index (χ0v) is 9.69. The van der Waals surface area contributed by atoms with E-state index in [1.54, 1.807) is 0 Å². The Hall–Kier alpha value is -2.08. The predicted octanol–water partition coefficient (Wildman–Crippen LogP) is 4.43. The van der Waals surface area contributed by atoms with E-state index < -0.39 is 0 Å². The first kappa shape index (κ1) is 10.1. The first-order valence-corrected chi connectivity index (χ1v) is 5.89. The molecule has 17 heavy (non-hydrogen) atoms. The first-order chi connectivity index (χ1) is 8.38. The fourth-order valence-electron chi connectivity index (χ4n) is 2.41. The molecule has 0 saturated heterocycles. The Morgan fingerprint density at radius 1 is 0.941 bits per heavy atom. The van der Waals surface area contributed by atoms with Gasteiger partial charge in [-0.2, -0.15) is 0 Å². The third kappa shape index (κ3) is 1.72. The van der Waals surface area contributed by atoms with Gasteiger partial charge in [0, 0.05) is 0 Å². The zero-order chi connectivity index (χ0) is 11.7. The molecule has 0 radical (unpaired) electrons. The molecule has 0 amide bonds. The summed E-state index contributed by atoms with van der Waals surface area (Å²) in [5, 5.41) is 0. The molecule has 2 aromatic carbocycles. The normalized spacial score (nSPS) is 13.1. The highest BCUT2D eigenvalue weighted by Gasteiger charge is 2.15. The van der Waals surface area contributed by atoms with Crippen molar-refractivity contribution >= 4 is 17.7 Å². The highest BCUT2D eigenvalue weighted by molar-refractivity contribution is 5.91. The topological polar surface area (TPSA) is 0 Å². The van der Waals surface area contributed by atoms with Crippen LogP contribution >= 0.6 is 0 Å². The maximum Gasteiger partial charge on any atom is -0.00135 e. The van der Waals surface area contributed by atoms with Crippen LogP contribution < -0.4 is 0 Å². The summed E-state index contributed by atoms with van der Waals surface area (Å²) in [7, 11) is 0. The molecule has 0 N–H and O–H groups in total. The summed E-state index contributed by atoms with van der Waals surface area (Å²) in [4.78, 5) is 0. The molecule has 0 saturated carbocycles. The van der Waals surface area contributed by atoms with Gasteiger partial charge in [-0.3, -0.25) is 0 Å². The van der Waals surface area contributed by atoms with Gasteiger partial charge in [0.1, 0.15) is 0 Å². The summed E-state index contributed by atoms with van der Waals surface area (Å²) in [5.41, 5.74) is 6.68. The molecule has 0 heteroatoms. The van der Waals surface area contributed by atoms with E-state index in [1.807, 2.05) is 6.08 Å². The van der Waals surface area contributed by atoms with Crippen molar-refractivity contribution < 1.29 is 0 Å². The molecule has 0 unspecified atom stereocenters. The summed E-state index contributed by atoms with van der Waals surface area (Å²) in [6.07, 6.45) is 5.26. The summed E-state index contributed by atoms with van der Waals surface area (Å²) in [6.45, 7) is 3.88. The minimum absolute atomic E-state index is 1.03. The van der Waals surface area contributed by atoms with Crippen molar-refractivity contribution in [2.75, 3.05) is 0 Å². The summed E-state index contributed by atoms with van der Waals surface area (Å²) in [6, 6.07) is 17.0. The quantitative estimate of drug-likeness (QED) is 0.699. The van der Waals surface area contributed by atoms with E-state index in [-0.39, 0.29) is 0 Å². The second kappa shape index (κ2) is 4.06. The minimum Gasteiger partial charge on any atom is -0.0984 e. The van der Waals surface area contributed by atoms with Gasteiger partial charge in [-0.05, 0) is 40.3 Å². The lowest BCUT2D eigenvalue weighted by Crippen LogP contribution is -1.86. The number of fused-ring (bicyclic) bond motifs is 1. The largest absolute Gasteiger partial charge is 0.0984 e. The Morgan fingerprint density at radius 3 is 2.53 bits per heavy atom. The number of hydrogen-bond acceptors (Lipinski definition) is 0. The lowest BCUT2D eigenvalue weighted by molar-refractivity contribution is 1.31. The lowest BCUT2D eigenvalue weighted by Gasteiger charge is -2.02. The molecular formula is C17H14. The second-order valence-corrected chi connectivity index (χ2v) is 4.34. The molecule has 0 spiro atoms. The van der Waals surface area contributed by atoms with Crippen LogP contribution in [0.5, 0.6) is 0 Å². The third-order valence-electron chi connectivity index (χ3n) is 3.29. The van der Waals surface area contributed by atoms with Crippen molar-refractivity contribution in [1.29, 1.82) is 0 Å². The van der Waals surface area contributed by atoms with E-state index in [2.05, 4.69) is 61.2 Å². The molecular weight excluding hydrogens is 204 g/mol. The van der Waals surface area contributed by atoms with E-state index in [4.69, 9.17) is 0 Å². The van der Waals surface area contributed by atoms with Crippen molar-refractivity contribution in [1.82, 2.24) is 0 Å². The van der Waals surface area contributed by atoms with E-state index in [9.17, 15) is 0 Å². The summed E-state index contributed by atoms with van der Waals surface area (Å²) >= 11 is 0. The average Bonchev–Trinajstić information content (AvgIpc) is 2.83. The predicted molar refractivity (Wildman–Crippen MR) is 74.6 cm³/mol. The molecule has 0 fully saturated rings. The van der Waals surface area contributed by atoms with Crippen molar-refractivity contribution in [2.45, 2.75) is 6.42 Å². The van der Waals surface area contributed by atoms with E-state index in [0.717, 1.165) is 6.42 Å². The Bertz CT molecular complexity index is 589. The smallest absolute Gasteiger partial charge is 0.00135 e. The van der Waals surface area contributed by atoms with Crippen LogP contribution in [0.4, 0.5) is 0 Å². The molecule has 0 aliphatic heterocycles. The SMILES string of the molecule is C=Cc1cccc2c1C=C(c1ccccc1)C2. The van der Waals surface area contributed by atoms with Gasteiger partial charge in [0.05, 0.1) is 0 Å². The van der Waals surface area contributed by atoms with Gasteiger partial charge >= 0.3 is 0 Å². The van der Waals surface area contributed by atoms with E-state index >= 15 is 0 Å². The first-order valence-electron chi connectivity index (χ1n) is 5.89. The number of hydrogen-bond donors (Lipinski definition) is 0. The van der Waals surface area contributed by atoms with Gasteiger partial charge in [0.15, 0.2) is 0 Å². The second-order valence-electron chi connectivity index (χ2n) is 4.34. The maximum atomic E-state index is 3.88. The highest BCUT2D eigenvalue weighted by atomic mass is 14.2. The van der Waals surface area contributed by atoms with Crippen LogP contribution in [-0.2, 0) is 6.42 Å². The lowest BCUT2D eigenvalue weighted by atomic mass is 10.0. The van der Waals surface area contributed by atoms with Gasteiger partial charge in [-0.1, -0.05) is 61.2 Å².